The molecule has 0 atom stereocenters. The Hall–Kier alpha value is -1.87. The first-order valence-electron chi connectivity index (χ1n) is 6.45. The van der Waals surface area contributed by atoms with Crippen molar-refractivity contribution in [1.82, 2.24) is 10.3 Å². The fraction of sp³-hybridized carbons (Fsp3) is 0.312. The van der Waals surface area contributed by atoms with E-state index < -0.39 is 0 Å². The number of aryl methyl sites for hydroxylation is 2. The smallest absolute Gasteiger partial charge is 0.135 e. The fourth-order valence-electron chi connectivity index (χ4n) is 2.06. The standard InChI is InChI=1S/C16H20N2O/c1-11-7-12(2)13(3)16(8-11)19-15-5-6-18-10-14(15)9-17-4/h5-8,10,17H,9H2,1-4H3. The monoisotopic (exact) mass is 256 g/mol. The number of rotatable bonds is 4. The summed E-state index contributed by atoms with van der Waals surface area (Å²) in [4.78, 5) is 4.14. The van der Waals surface area contributed by atoms with Gasteiger partial charge in [-0.3, -0.25) is 4.98 Å². The molecule has 2 aromatic rings. The first-order chi connectivity index (χ1) is 9.11. The van der Waals surface area contributed by atoms with Crippen LogP contribution in [-0.2, 0) is 6.54 Å². The fourth-order valence-corrected chi connectivity index (χ4v) is 2.06. The van der Waals surface area contributed by atoms with Gasteiger partial charge >= 0.3 is 0 Å². The molecule has 3 nitrogen and oxygen atoms in total. The van der Waals surface area contributed by atoms with E-state index in [1.807, 2.05) is 19.3 Å². The first kappa shape index (κ1) is 13.6. The molecule has 0 amide bonds. The lowest BCUT2D eigenvalue weighted by molar-refractivity contribution is 0.469. The summed E-state index contributed by atoms with van der Waals surface area (Å²) in [6.07, 6.45) is 3.59. The predicted molar refractivity (Wildman–Crippen MR) is 77.7 cm³/mol. The highest BCUT2D eigenvalue weighted by molar-refractivity contribution is 5.45. The van der Waals surface area contributed by atoms with Gasteiger partial charge in [-0.25, -0.2) is 0 Å². The van der Waals surface area contributed by atoms with Crippen LogP contribution in [0.1, 0.15) is 22.3 Å². The molecule has 0 saturated carbocycles. The van der Waals surface area contributed by atoms with Crippen LogP contribution in [0.4, 0.5) is 0 Å². The number of aromatic nitrogens is 1. The van der Waals surface area contributed by atoms with Gasteiger partial charge in [0.25, 0.3) is 0 Å². The summed E-state index contributed by atoms with van der Waals surface area (Å²) in [7, 11) is 1.92. The largest absolute Gasteiger partial charge is 0.457 e. The van der Waals surface area contributed by atoms with Crippen molar-refractivity contribution in [3.05, 3.63) is 52.8 Å². The van der Waals surface area contributed by atoms with E-state index in [1.165, 1.54) is 16.7 Å². The summed E-state index contributed by atoms with van der Waals surface area (Å²) >= 11 is 0. The molecule has 1 aromatic heterocycles. The summed E-state index contributed by atoms with van der Waals surface area (Å²) < 4.78 is 6.07. The van der Waals surface area contributed by atoms with E-state index >= 15 is 0 Å². The number of hydrogen-bond donors (Lipinski definition) is 1. The molecule has 3 heteroatoms. The van der Waals surface area contributed by atoms with Gasteiger partial charge in [0.1, 0.15) is 11.5 Å². The van der Waals surface area contributed by atoms with E-state index in [9.17, 15) is 0 Å². The van der Waals surface area contributed by atoms with Gasteiger partial charge in [0.2, 0.25) is 0 Å². The van der Waals surface area contributed by atoms with Gasteiger partial charge in [0.05, 0.1) is 0 Å². The van der Waals surface area contributed by atoms with Crippen molar-refractivity contribution in [3.8, 4) is 11.5 Å². The Balaban J connectivity index is 2.36. The van der Waals surface area contributed by atoms with E-state index in [-0.39, 0.29) is 0 Å². The minimum absolute atomic E-state index is 0.743. The van der Waals surface area contributed by atoms with Gasteiger partial charge in [-0.05, 0) is 56.6 Å². The van der Waals surface area contributed by atoms with Crippen molar-refractivity contribution in [2.75, 3.05) is 7.05 Å². The van der Waals surface area contributed by atoms with Gasteiger partial charge in [-0.2, -0.15) is 0 Å². The minimum Gasteiger partial charge on any atom is -0.457 e. The Labute approximate surface area is 114 Å². The predicted octanol–water partition coefficient (Wildman–Crippen LogP) is 3.52. The van der Waals surface area contributed by atoms with Crippen LogP contribution in [0.15, 0.2) is 30.6 Å². The molecule has 0 unspecified atom stereocenters. The molecular formula is C16H20N2O. The SMILES string of the molecule is CNCc1cnccc1Oc1cc(C)cc(C)c1C. The molecule has 100 valence electrons. The summed E-state index contributed by atoms with van der Waals surface area (Å²) in [5.74, 6) is 1.78. The van der Waals surface area contributed by atoms with E-state index in [4.69, 9.17) is 4.74 Å². The molecule has 1 aromatic carbocycles. The highest BCUT2D eigenvalue weighted by Crippen LogP contribution is 2.30. The summed E-state index contributed by atoms with van der Waals surface area (Å²) in [6.45, 7) is 7.02. The lowest BCUT2D eigenvalue weighted by Gasteiger charge is -2.14. The van der Waals surface area contributed by atoms with E-state index in [0.29, 0.717) is 0 Å². The third-order valence-corrected chi connectivity index (χ3v) is 3.21. The van der Waals surface area contributed by atoms with Crippen LogP contribution in [0.3, 0.4) is 0 Å². The van der Waals surface area contributed by atoms with Gasteiger partial charge in [0.15, 0.2) is 0 Å². The number of nitrogens with zero attached hydrogens (tertiary/aromatic N) is 1. The molecule has 0 fully saturated rings. The van der Waals surface area contributed by atoms with Gasteiger partial charge in [-0.15, -0.1) is 0 Å². The topological polar surface area (TPSA) is 34.2 Å². The van der Waals surface area contributed by atoms with Crippen LogP contribution in [-0.4, -0.2) is 12.0 Å². The van der Waals surface area contributed by atoms with Crippen LogP contribution in [0.25, 0.3) is 0 Å². The molecule has 1 heterocycles. The van der Waals surface area contributed by atoms with Crippen LogP contribution in [0, 0.1) is 20.8 Å². The highest BCUT2D eigenvalue weighted by Gasteiger charge is 2.08. The zero-order valence-electron chi connectivity index (χ0n) is 11.9. The number of ether oxygens (including phenoxy) is 1. The van der Waals surface area contributed by atoms with Crippen LogP contribution in [0.5, 0.6) is 11.5 Å². The molecule has 0 radical (unpaired) electrons. The highest BCUT2D eigenvalue weighted by atomic mass is 16.5. The average molecular weight is 256 g/mol. The van der Waals surface area contributed by atoms with Crippen molar-refractivity contribution in [3.63, 3.8) is 0 Å². The van der Waals surface area contributed by atoms with Gasteiger partial charge in [-0.1, -0.05) is 6.07 Å². The Bertz CT molecular complexity index is 579. The first-order valence-corrected chi connectivity index (χ1v) is 6.45. The van der Waals surface area contributed by atoms with Crippen LogP contribution in [0.2, 0.25) is 0 Å². The maximum atomic E-state index is 6.07. The Morgan fingerprint density at radius 1 is 1.16 bits per heavy atom. The Morgan fingerprint density at radius 2 is 1.95 bits per heavy atom. The van der Waals surface area contributed by atoms with Crippen molar-refractivity contribution in [1.29, 1.82) is 0 Å². The average Bonchev–Trinajstić information content (AvgIpc) is 2.38. The quantitative estimate of drug-likeness (QED) is 0.908. The molecule has 0 aliphatic carbocycles. The second-order valence-electron chi connectivity index (χ2n) is 4.82. The Kier molecular flexibility index (Phi) is 4.17. The van der Waals surface area contributed by atoms with Crippen LogP contribution >= 0.6 is 0 Å². The lowest BCUT2D eigenvalue weighted by atomic mass is 10.1. The minimum atomic E-state index is 0.743. The zero-order valence-corrected chi connectivity index (χ0v) is 11.9. The number of nitrogens with one attached hydrogen (secondary N) is 1. The number of pyridine rings is 1. The van der Waals surface area contributed by atoms with Crippen molar-refractivity contribution in [2.24, 2.45) is 0 Å². The second kappa shape index (κ2) is 5.85. The molecule has 0 bridgehead atoms. The molecular weight excluding hydrogens is 236 g/mol. The molecule has 0 aliphatic rings. The second-order valence-corrected chi connectivity index (χ2v) is 4.82. The number of hydrogen-bond acceptors (Lipinski definition) is 3. The Morgan fingerprint density at radius 3 is 2.68 bits per heavy atom. The third-order valence-electron chi connectivity index (χ3n) is 3.21. The lowest BCUT2D eigenvalue weighted by Crippen LogP contribution is -2.07. The number of benzene rings is 1. The maximum absolute atomic E-state index is 6.07. The molecule has 0 aliphatic heterocycles. The van der Waals surface area contributed by atoms with E-state index in [0.717, 1.165) is 23.6 Å². The molecule has 1 N–H and O–H groups in total. The third kappa shape index (κ3) is 3.12. The molecule has 0 saturated heterocycles. The summed E-state index contributed by atoms with van der Waals surface area (Å²) in [6, 6.07) is 6.15. The summed E-state index contributed by atoms with van der Waals surface area (Å²) in [5.41, 5.74) is 4.70. The van der Waals surface area contributed by atoms with Crippen molar-refractivity contribution >= 4 is 0 Å². The van der Waals surface area contributed by atoms with Crippen molar-refractivity contribution < 1.29 is 4.74 Å². The van der Waals surface area contributed by atoms with Gasteiger partial charge in [0, 0.05) is 24.5 Å². The molecule has 2 rings (SSSR count). The van der Waals surface area contributed by atoms with Crippen molar-refractivity contribution in [2.45, 2.75) is 27.3 Å². The molecule has 0 spiro atoms. The summed E-state index contributed by atoms with van der Waals surface area (Å²) in [5, 5.41) is 3.13. The van der Waals surface area contributed by atoms with E-state index in [2.05, 4.69) is 43.2 Å². The maximum Gasteiger partial charge on any atom is 0.135 e. The zero-order chi connectivity index (χ0) is 13.8. The molecule has 19 heavy (non-hydrogen) atoms. The van der Waals surface area contributed by atoms with E-state index in [1.54, 1.807) is 6.20 Å². The van der Waals surface area contributed by atoms with Gasteiger partial charge < -0.3 is 10.1 Å². The normalized spacial score (nSPS) is 10.5. The van der Waals surface area contributed by atoms with Crippen LogP contribution < -0.4 is 10.1 Å².